The summed E-state index contributed by atoms with van der Waals surface area (Å²) in [5.74, 6) is -3.65. The molecular formula is C29H35FIN5O6. The minimum absolute atomic E-state index is 0.0903. The number of halogens is 2. The van der Waals surface area contributed by atoms with Crippen LogP contribution in [0.25, 0.3) is 6.08 Å². The summed E-state index contributed by atoms with van der Waals surface area (Å²) < 4.78 is 14.8. The van der Waals surface area contributed by atoms with E-state index in [9.17, 15) is 28.4 Å². The number of amides is 5. The van der Waals surface area contributed by atoms with Gasteiger partial charge < -0.3 is 21.3 Å². The lowest BCUT2D eigenvalue weighted by Gasteiger charge is -2.23. The molecule has 5 amide bonds. The Labute approximate surface area is 257 Å². The van der Waals surface area contributed by atoms with Crippen LogP contribution in [0.4, 0.5) is 4.39 Å². The third-order valence-electron chi connectivity index (χ3n) is 5.76. The highest BCUT2D eigenvalue weighted by Crippen LogP contribution is 2.13. The molecule has 0 aliphatic heterocycles. The molecule has 2 atom stereocenters. The van der Waals surface area contributed by atoms with Crippen LogP contribution in [-0.4, -0.2) is 53.4 Å². The van der Waals surface area contributed by atoms with E-state index in [0.29, 0.717) is 15.7 Å². The van der Waals surface area contributed by atoms with Crippen LogP contribution in [0.3, 0.4) is 0 Å². The van der Waals surface area contributed by atoms with Crippen molar-refractivity contribution in [1.82, 2.24) is 26.7 Å². The first-order valence-electron chi connectivity index (χ1n) is 13.0. The summed E-state index contributed by atoms with van der Waals surface area (Å²) in [4.78, 5) is 62.5. The van der Waals surface area contributed by atoms with Gasteiger partial charge >= 0.3 is 0 Å². The highest BCUT2D eigenvalue weighted by molar-refractivity contribution is 14.1. The quantitative estimate of drug-likeness (QED) is 0.0865. The Morgan fingerprint density at radius 1 is 0.976 bits per heavy atom. The van der Waals surface area contributed by atoms with E-state index < -0.39 is 47.4 Å². The number of carbonyl (C=O) groups is 5. The molecule has 0 saturated carbocycles. The molecule has 2 aromatic rings. The Kier molecular flexibility index (Phi) is 13.1. The maximum atomic E-state index is 14.1. The molecule has 2 rings (SSSR count). The lowest BCUT2D eigenvalue weighted by atomic mass is 9.97. The summed E-state index contributed by atoms with van der Waals surface area (Å²) in [5.41, 5.74) is 2.28. The van der Waals surface area contributed by atoms with Crippen molar-refractivity contribution >= 4 is 58.2 Å². The summed E-state index contributed by atoms with van der Waals surface area (Å²) in [7, 11) is 0. The second-order valence-electron chi connectivity index (χ2n) is 10.7. The minimum Gasteiger partial charge on any atom is -0.355 e. The number of benzene rings is 2. The van der Waals surface area contributed by atoms with Crippen LogP contribution < -0.4 is 26.7 Å². The van der Waals surface area contributed by atoms with E-state index in [1.807, 2.05) is 43.4 Å². The number of hydroxylamine groups is 1. The van der Waals surface area contributed by atoms with E-state index in [1.54, 1.807) is 24.3 Å². The summed E-state index contributed by atoms with van der Waals surface area (Å²) in [5, 5.41) is 18.9. The molecule has 226 valence electrons. The average Bonchev–Trinajstić information content (AvgIpc) is 2.93. The predicted molar refractivity (Wildman–Crippen MR) is 162 cm³/mol. The van der Waals surface area contributed by atoms with Crippen molar-refractivity contribution in [2.45, 2.75) is 52.7 Å². The Hall–Kier alpha value is -3.85. The predicted octanol–water partition coefficient (Wildman–Crippen LogP) is 2.42. The molecule has 42 heavy (non-hydrogen) atoms. The SMILES string of the molecule is C[C@H](NC(=O)[C@H](CC(=O)NCC(C)(C)C)NC(=O)c1ccc(/C=C/C(=O)NO)cc1)C(=O)NCc1ccc(I)cc1F. The van der Waals surface area contributed by atoms with Crippen LogP contribution in [0, 0.1) is 14.8 Å². The normalized spacial score (nSPS) is 12.6. The Balaban J connectivity index is 2.10. The van der Waals surface area contributed by atoms with Gasteiger partial charge in [-0.25, -0.2) is 9.87 Å². The Bertz CT molecular complexity index is 1330. The van der Waals surface area contributed by atoms with E-state index in [2.05, 4.69) is 21.3 Å². The van der Waals surface area contributed by atoms with Gasteiger partial charge in [0.15, 0.2) is 0 Å². The maximum absolute atomic E-state index is 14.1. The van der Waals surface area contributed by atoms with E-state index in [-0.39, 0.29) is 29.5 Å². The summed E-state index contributed by atoms with van der Waals surface area (Å²) >= 11 is 1.97. The van der Waals surface area contributed by atoms with Gasteiger partial charge in [0.25, 0.3) is 11.8 Å². The number of hydrogen-bond donors (Lipinski definition) is 6. The van der Waals surface area contributed by atoms with Crippen molar-refractivity contribution in [3.05, 3.63) is 74.6 Å². The number of hydrogen-bond acceptors (Lipinski definition) is 6. The molecule has 13 heteroatoms. The van der Waals surface area contributed by atoms with E-state index >= 15 is 0 Å². The van der Waals surface area contributed by atoms with E-state index in [4.69, 9.17) is 5.21 Å². The first-order valence-corrected chi connectivity index (χ1v) is 14.1. The van der Waals surface area contributed by atoms with Gasteiger partial charge in [0, 0.05) is 33.9 Å². The molecule has 0 unspecified atom stereocenters. The molecule has 11 nitrogen and oxygen atoms in total. The smallest absolute Gasteiger partial charge is 0.267 e. The zero-order valence-corrected chi connectivity index (χ0v) is 25.9. The second-order valence-corrected chi connectivity index (χ2v) is 11.9. The molecule has 0 saturated heterocycles. The fourth-order valence-electron chi connectivity index (χ4n) is 3.41. The zero-order chi connectivity index (χ0) is 31.4. The molecule has 0 aliphatic rings. The number of carbonyl (C=O) groups excluding carboxylic acids is 5. The van der Waals surface area contributed by atoms with Gasteiger partial charge in [0.2, 0.25) is 17.7 Å². The molecule has 0 aromatic heterocycles. The van der Waals surface area contributed by atoms with Gasteiger partial charge in [-0.05, 0) is 70.8 Å². The molecule has 0 aliphatic carbocycles. The van der Waals surface area contributed by atoms with Gasteiger partial charge in [-0.1, -0.05) is 39.0 Å². The second kappa shape index (κ2) is 16.0. The fourth-order valence-corrected chi connectivity index (χ4v) is 3.86. The van der Waals surface area contributed by atoms with Gasteiger partial charge in [-0.15, -0.1) is 0 Å². The number of rotatable bonds is 12. The third-order valence-corrected chi connectivity index (χ3v) is 6.43. The molecular weight excluding hydrogens is 660 g/mol. The largest absolute Gasteiger partial charge is 0.355 e. The fraction of sp³-hybridized carbons (Fsp3) is 0.345. The molecule has 0 heterocycles. The van der Waals surface area contributed by atoms with Crippen molar-refractivity contribution in [2.75, 3.05) is 6.54 Å². The van der Waals surface area contributed by atoms with Crippen LogP contribution in [-0.2, 0) is 25.7 Å². The van der Waals surface area contributed by atoms with Crippen LogP contribution >= 0.6 is 22.6 Å². The Morgan fingerprint density at radius 2 is 1.64 bits per heavy atom. The van der Waals surface area contributed by atoms with Crippen LogP contribution in [0.1, 0.15) is 55.6 Å². The lowest BCUT2D eigenvalue weighted by molar-refractivity contribution is -0.131. The first-order chi connectivity index (χ1) is 19.7. The van der Waals surface area contributed by atoms with Crippen LogP contribution in [0.2, 0.25) is 0 Å². The summed E-state index contributed by atoms with van der Waals surface area (Å²) in [6.07, 6.45) is 2.13. The van der Waals surface area contributed by atoms with Gasteiger partial charge in [0.1, 0.15) is 17.9 Å². The van der Waals surface area contributed by atoms with Crippen molar-refractivity contribution in [2.24, 2.45) is 5.41 Å². The zero-order valence-electron chi connectivity index (χ0n) is 23.7. The molecule has 6 N–H and O–H groups in total. The summed E-state index contributed by atoms with van der Waals surface area (Å²) in [6, 6.07) is 8.24. The standard InChI is InChI=1S/C29H35FIN5O6/c1-17(26(39)32-15-20-10-11-21(31)13-22(20)30)34-28(41)23(14-25(38)33-16-29(2,3)4)35-27(40)19-8-5-18(6-9-19)7-12-24(37)36-42/h5-13,17,23,42H,14-16H2,1-4H3,(H,32,39)(H,33,38)(H,34,41)(H,35,40)(H,36,37)/b12-7+/t17-,23-/m0/s1. The van der Waals surface area contributed by atoms with E-state index in [1.165, 1.54) is 36.7 Å². The molecule has 2 aromatic carbocycles. The van der Waals surface area contributed by atoms with Gasteiger partial charge in [0.05, 0.1) is 6.42 Å². The third kappa shape index (κ3) is 11.9. The van der Waals surface area contributed by atoms with Crippen LogP contribution in [0.15, 0.2) is 48.5 Å². The van der Waals surface area contributed by atoms with E-state index in [0.717, 1.165) is 6.08 Å². The topological polar surface area (TPSA) is 166 Å². The lowest BCUT2D eigenvalue weighted by Crippen LogP contribution is -2.54. The van der Waals surface area contributed by atoms with Gasteiger partial charge in [-0.3, -0.25) is 29.2 Å². The van der Waals surface area contributed by atoms with Gasteiger partial charge in [-0.2, -0.15) is 0 Å². The van der Waals surface area contributed by atoms with Crippen molar-refractivity contribution in [1.29, 1.82) is 0 Å². The molecule has 0 fully saturated rings. The van der Waals surface area contributed by atoms with Crippen molar-refractivity contribution < 1.29 is 33.6 Å². The maximum Gasteiger partial charge on any atom is 0.267 e. The highest BCUT2D eigenvalue weighted by atomic mass is 127. The van der Waals surface area contributed by atoms with Crippen molar-refractivity contribution in [3.63, 3.8) is 0 Å². The highest BCUT2D eigenvalue weighted by Gasteiger charge is 2.27. The number of nitrogens with one attached hydrogen (secondary N) is 5. The monoisotopic (exact) mass is 695 g/mol. The average molecular weight is 696 g/mol. The summed E-state index contributed by atoms with van der Waals surface area (Å²) in [6.45, 7) is 7.46. The Morgan fingerprint density at radius 3 is 2.24 bits per heavy atom. The van der Waals surface area contributed by atoms with Crippen LogP contribution in [0.5, 0.6) is 0 Å². The molecule has 0 spiro atoms. The molecule has 0 radical (unpaired) electrons. The van der Waals surface area contributed by atoms with Crippen molar-refractivity contribution in [3.8, 4) is 0 Å². The minimum atomic E-state index is -1.31. The first kappa shape index (κ1) is 34.4. The molecule has 0 bridgehead atoms.